The third-order valence-corrected chi connectivity index (χ3v) is 2.83. The summed E-state index contributed by atoms with van der Waals surface area (Å²) in [6.07, 6.45) is 2.79. The molecule has 0 spiro atoms. The van der Waals surface area contributed by atoms with E-state index in [9.17, 15) is 0 Å². The SMILES string of the molecule is CCc1cccc(OCc2cccnc2NC)c1. The first-order chi connectivity index (χ1) is 8.83. The molecule has 3 nitrogen and oxygen atoms in total. The maximum atomic E-state index is 5.80. The second-order valence-corrected chi connectivity index (χ2v) is 4.05. The molecule has 1 aromatic carbocycles. The van der Waals surface area contributed by atoms with Gasteiger partial charge in [-0.15, -0.1) is 0 Å². The van der Waals surface area contributed by atoms with Crippen molar-refractivity contribution in [1.82, 2.24) is 4.98 Å². The molecule has 0 aliphatic carbocycles. The lowest BCUT2D eigenvalue weighted by Gasteiger charge is -2.10. The summed E-state index contributed by atoms with van der Waals surface area (Å²) < 4.78 is 5.80. The van der Waals surface area contributed by atoms with E-state index in [0.717, 1.165) is 23.6 Å². The number of pyridine rings is 1. The predicted octanol–water partition coefficient (Wildman–Crippen LogP) is 3.26. The maximum absolute atomic E-state index is 5.80. The number of hydrogen-bond acceptors (Lipinski definition) is 3. The zero-order valence-electron chi connectivity index (χ0n) is 10.8. The third kappa shape index (κ3) is 3.00. The molecular weight excluding hydrogens is 224 g/mol. The van der Waals surface area contributed by atoms with Crippen molar-refractivity contribution in [2.24, 2.45) is 0 Å². The van der Waals surface area contributed by atoms with Gasteiger partial charge in [-0.25, -0.2) is 4.98 Å². The average Bonchev–Trinajstić information content (AvgIpc) is 2.45. The van der Waals surface area contributed by atoms with Gasteiger partial charge in [-0.3, -0.25) is 0 Å². The lowest BCUT2D eigenvalue weighted by Crippen LogP contribution is -2.02. The molecule has 2 aromatic rings. The Hall–Kier alpha value is -2.03. The topological polar surface area (TPSA) is 34.1 Å². The van der Waals surface area contributed by atoms with Crippen molar-refractivity contribution < 1.29 is 4.74 Å². The molecule has 1 heterocycles. The summed E-state index contributed by atoms with van der Waals surface area (Å²) in [6, 6.07) is 12.1. The second kappa shape index (κ2) is 6.05. The van der Waals surface area contributed by atoms with E-state index < -0.39 is 0 Å². The van der Waals surface area contributed by atoms with Gasteiger partial charge in [0.05, 0.1) is 0 Å². The van der Waals surface area contributed by atoms with Crippen LogP contribution in [0.15, 0.2) is 42.6 Å². The summed E-state index contributed by atoms with van der Waals surface area (Å²) in [4.78, 5) is 4.25. The van der Waals surface area contributed by atoms with E-state index in [1.165, 1.54) is 5.56 Å². The normalized spacial score (nSPS) is 10.1. The van der Waals surface area contributed by atoms with Crippen molar-refractivity contribution in [3.63, 3.8) is 0 Å². The molecule has 0 amide bonds. The number of nitrogens with one attached hydrogen (secondary N) is 1. The van der Waals surface area contributed by atoms with E-state index in [1.807, 2.05) is 31.3 Å². The number of anilines is 1. The van der Waals surface area contributed by atoms with Gasteiger partial charge in [0.2, 0.25) is 0 Å². The molecule has 94 valence electrons. The van der Waals surface area contributed by atoms with Gasteiger partial charge in [0, 0.05) is 18.8 Å². The van der Waals surface area contributed by atoms with Crippen LogP contribution in [-0.4, -0.2) is 12.0 Å². The Balaban J connectivity index is 2.06. The Labute approximate surface area is 108 Å². The highest BCUT2D eigenvalue weighted by Gasteiger charge is 2.02. The van der Waals surface area contributed by atoms with Gasteiger partial charge in [-0.2, -0.15) is 0 Å². The molecular formula is C15H18N2O. The van der Waals surface area contributed by atoms with E-state index in [0.29, 0.717) is 6.61 Å². The maximum Gasteiger partial charge on any atom is 0.132 e. The predicted molar refractivity (Wildman–Crippen MR) is 73.9 cm³/mol. The fourth-order valence-electron chi connectivity index (χ4n) is 1.80. The first-order valence-corrected chi connectivity index (χ1v) is 6.17. The van der Waals surface area contributed by atoms with Gasteiger partial charge >= 0.3 is 0 Å². The fourth-order valence-corrected chi connectivity index (χ4v) is 1.80. The highest BCUT2D eigenvalue weighted by Crippen LogP contribution is 2.17. The lowest BCUT2D eigenvalue weighted by atomic mass is 10.2. The van der Waals surface area contributed by atoms with Gasteiger partial charge in [-0.1, -0.05) is 25.1 Å². The highest BCUT2D eigenvalue weighted by molar-refractivity contribution is 5.42. The molecule has 0 fully saturated rings. The van der Waals surface area contributed by atoms with E-state index in [4.69, 9.17) is 4.74 Å². The van der Waals surface area contributed by atoms with Crippen molar-refractivity contribution in [1.29, 1.82) is 0 Å². The Bertz CT molecular complexity index is 511. The minimum Gasteiger partial charge on any atom is -0.489 e. The van der Waals surface area contributed by atoms with E-state index >= 15 is 0 Å². The van der Waals surface area contributed by atoms with Gasteiger partial charge in [0.1, 0.15) is 18.2 Å². The third-order valence-electron chi connectivity index (χ3n) is 2.83. The van der Waals surface area contributed by atoms with E-state index in [2.05, 4.69) is 29.4 Å². The van der Waals surface area contributed by atoms with Crippen LogP contribution in [0.25, 0.3) is 0 Å². The van der Waals surface area contributed by atoms with Crippen molar-refractivity contribution in [3.8, 4) is 5.75 Å². The van der Waals surface area contributed by atoms with Crippen LogP contribution in [0.1, 0.15) is 18.1 Å². The molecule has 1 N–H and O–H groups in total. The van der Waals surface area contributed by atoms with Crippen LogP contribution in [0, 0.1) is 0 Å². The number of hydrogen-bond donors (Lipinski definition) is 1. The van der Waals surface area contributed by atoms with Crippen LogP contribution in [-0.2, 0) is 13.0 Å². The Morgan fingerprint density at radius 3 is 2.89 bits per heavy atom. The molecule has 0 saturated heterocycles. The lowest BCUT2D eigenvalue weighted by molar-refractivity contribution is 0.306. The first-order valence-electron chi connectivity index (χ1n) is 6.17. The second-order valence-electron chi connectivity index (χ2n) is 4.05. The van der Waals surface area contributed by atoms with E-state index in [-0.39, 0.29) is 0 Å². The molecule has 0 saturated carbocycles. The molecule has 18 heavy (non-hydrogen) atoms. The first kappa shape index (κ1) is 12.4. The van der Waals surface area contributed by atoms with Crippen LogP contribution in [0.5, 0.6) is 5.75 Å². The van der Waals surface area contributed by atoms with Crippen LogP contribution < -0.4 is 10.1 Å². The highest BCUT2D eigenvalue weighted by atomic mass is 16.5. The van der Waals surface area contributed by atoms with Gasteiger partial charge in [0.15, 0.2) is 0 Å². The molecule has 0 atom stereocenters. The van der Waals surface area contributed by atoms with Gasteiger partial charge in [0.25, 0.3) is 0 Å². The average molecular weight is 242 g/mol. The van der Waals surface area contributed by atoms with Gasteiger partial charge in [-0.05, 0) is 30.2 Å². The Kier molecular flexibility index (Phi) is 4.18. The number of ether oxygens (including phenoxy) is 1. The van der Waals surface area contributed by atoms with Crippen molar-refractivity contribution in [2.45, 2.75) is 20.0 Å². The van der Waals surface area contributed by atoms with E-state index in [1.54, 1.807) is 6.20 Å². The molecule has 0 unspecified atom stereocenters. The summed E-state index contributed by atoms with van der Waals surface area (Å²) in [6.45, 7) is 2.66. The molecule has 2 rings (SSSR count). The fraction of sp³-hybridized carbons (Fsp3) is 0.267. The van der Waals surface area contributed by atoms with Gasteiger partial charge < -0.3 is 10.1 Å². The summed E-state index contributed by atoms with van der Waals surface area (Å²) >= 11 is 0. The molecule has 0 bridgehead atoms. The molecule has 1 aromatic heterocycles. The summed E-state index contributed by atoms with van der Waals surface area (Å²) in [5.74, 6) is 1.77. The minimum atomic E-state index is 0.525. The van der Waals surface area contributed by atoms with Crippen LogP contribution in [0.4, 0.5) is 5.82 Å². The zero-order chi connectivity index (χ0) is 12.8. The number of benzene rings is 1. The van der Waals surface area contributed by atoms with Crippen molar-refractivity contribution in [2.75, 3.05) is 12.4 Å². The number of nitrogens with zero attached hydrogens (tertiary/aromatic N) is 1. The standard InChI is InChI=1S/C15H18N2O/c1-3-12-6-4-8-14(10-12)18-11-13-7-5-9-17-15(13)16-2/h4-10H,3,11H2,1-2H3,(H,16,17). The number of aryl methyl sites for hydroxylation is 1. The van der Waals surface area contributed by atoms with Crippen LogP contribution in [0.3, 0.4) is 0 Å². The quantitative estimate of drug-likeness (QED) is 0.873. The Morgan fingerprint density at radius 2 is 2.11 bits per heavy atom. The number of rotatable bonds is 5. The van der Waals surface area contributed by atoms with Crippen molar-refractivity contribution >= 4 is 5.82 Å². The largest absolute Gasteiger partial charge is 0.489 e. The smallest absolute Gasteiger partial charge is 0.132 e. The zero-order valence-corrected chi connectivity index (χ0v) is 10.8. The summed E-state index contributed by atoms with van der Waals surface area (Å²) in [7, 11) is 1.86. The molecule has 3 heteroatoms. The monoisotopic (exact) mass is 242 g/mol. The minimum absolute atomic E-state index is 0.525. The summed E-state index contributed by atoms with van der Waals surface area (Å²) in [5.41, 5.74) is 2.34. The van der Waals surface area contributed by atoms with Crippen molar-refractivity contribution in [3.05, 3.63) is 53.7 Å². The van der Waals surface area contributed by atoms with Crippen LogP contribution in [0.2, 0.25) is 0 Å². The Morgan fingerprint density at radius 1 is 1.22 bits per heavy atom. The number of aromatic nitrogens is 1. The molecule has 0 radical (unpaired) electrons. The summed E-state index contributed by atoms with van der Waals surface area (Å²) in [5, 5.41) is 3.06. The molecule has 0 aliphatic rings. The van der Waals surface area contributed by atoms with Crippen LogP contribution >= 0.6 is 0 Å². The molecule has 0 aliphatic heterocycles.